The second-order valence-electron chi connectivity index (χ2n) is 9.25. The third kappa shape index (κ3) is 5.73. The van der Waals surface area contributed by atoms with Crippen LogP contribution in [0.2, 0.25) is 0 Å². The van der Waals surface area contributed by atoms with Gasteiger partial charge in [-0.1, -0.05) is 23.8 Å². The topological polar surface area (TPSA) is 65.8 Å². The van der Waals surface area contributed by atoms with Gasteiger partial charge in [0, 0.05) is 38.8 Å². The molecule has 2 aromatic carbocycles. The number of halogens is 1. The van der Waals surface area contributed by atoms with Crippen LogP contribution in [-0.2, 0) is 16.0 Å². The van der Waals surface area contributed by atoms with Gasteiger partial charge < -0.3 is 19.5 Å². The summed E-state index contributed by atoms with van der Waals surface area (Å²) >= 11 is 0. The van der Waals surface area contributed by atoms with Crippen LogP contribution >= 0.6 is 0 Å². The Kier molecular flexibility index (Phi) is 7.24. The van der Waals surface area contributed by atoms with Crippen molar-refractivity contribution >= 4 is 17.5 Å². The van der Waals surface area contributed by atoms with E-state index in [4.69, 9.17) is 4.42 Å². The summed E-state index contributed by atoms with van der Waals surface area (Å²) in [6.07, 6.45) is -0.0891. The van der Waals surface area contributed by atoms with Crippen molar-refractivity contribution in [3.05, 3.63) is 88.1 Å². The fraction of sp³-hybridized carbons (Fsp3) is 0.357. The number of piperazine rings is 1. The van der Waals surface area contributed by atoms with E-state index in [2.05, 4.69) is 16.3 Å². The van der Waals surface area contributed by atoms with Crippen LogP contribution in [0.25, 0.3) is 0 Å². The smallest absolute Gasteiger partial charge is 0.225 e. The lowest BCUT2D eigenvalue weighted by Gasteiger charge is -2.35. The molecule has 1 atom stereocenters. The lowest BCUT2D eigenvalue weighted by atomic mass is 9.97. The van der Waals surface area contributed by atoms with Crippen molar-refractivity contribution in [3.8, 4) is 0 Å². The summed E-state index contributed by atoms with van der Waals surface area (Å²) in [5, 5.41) is 3.06. The number of carbonyl (C=O) groups is 2. The number of anilines is 1. The van der Waals surface area contributed by atoms with E-state index in [0.717, 1.165) is 28.1 Å². The van der Waals surface area contributed by atoms with Crippen molar-refractivity contribution in [3.63, 3.8) is 0 Å². The maximum Gasteiger partial charge on any atom is 0.225 e. The first-order valence-corrected chi connectivity index (χ1v) is 11.9. The molecule has 1 N–H and O–H groups in total. The standard InChI is InChI=1S/C28H32FN3O3/c1-18-5-8-24(19(2)15-18)28(26-10-6-20(3)35-26)30-27(34)17-22-16-23(7-9-25(22)29)32-13-11-31(12-14-32)21(4)33/h5-10,15-16,28H,11-14,17H2,1-4H3,(H,30,34). The van der Waals surface area contributed by atoms with E-state index in [1.165, 1.54) is 6.07 Å². The maximum absolute atomic E-state index is 14.7. The van der Waals surface area contributed by atoms with E-state index in [9.17, 15) is 14.0 Å². The summed E-state index contributed by atoms with van der Waals surface area (Å²) in [7, 11) is 0. The van der Waals surface area contributed by atoms with Gasteiger partial charge in [-0.25, -0.2) is 4.39 Å². The van der Waals surface area contributed by atoms with E-state index in [-0.39, 0.29) is 18.2 Å². The molecule has 1 aliphatic rings. The number of rotatable bonds is 6. The van der Waals surface area contributed by atoms with Crippen molar-refractivity contribution in [2.24, 2.45) is 0 Å². The Bertz CT molecular complexity index is 1230. The molecule has 2 amide bonds. The van der Waals surface area contributed by atoms with E-state index in [0.29, 0.717) is 37.5 Å². The van der Waals surface area contributed by atoms with Gasteiger partial charge in [0.05, 0.1) is 6.42 Å². The van der Waals surface area contributed by atoms with Gasteiger partial charge in [0.2, 0.25) is 11.8 Å². The number of furan rings is 1. The minimum atomic E-state index is -0.470. The molecule has 0 bridgehead atoms. The van der Waals surface area contributed by atoms with Crippen LogP contribution in [0.3, 0.4) is 0 Å². The maximum atomic E-state index is 14.7. The van der Waals surface area contributed by atoms with Gasteiger partial charge in [0.15, 0.2) is 0 Å². The molecule has 1 aliphatic heterocycles. The Morgan fingerprint density at radius 2 is 1.74 bits per heavy atom. The minimum Gasteiger partial charge on any atom is -0.464 e. The highest BCUT2D eigenvalue weighted by Crippen LogP contribution is 2.28. The molecule has 1 saturated heterocycles. The highest BCUT2D eigenvalue weighted by molar-refractivity contribution is 5.80. The lowest BCUT2D eigenvalue weighted by molar-refractivity contribution is -0.129. The van der Waals surface area contributed by atoms with Crippen LogP contribution in [0.5, 0.6) is 0 Å². The molecular formula is C28H32FN3O3. The normalized spacial score (nSPS) is 14.7. The van der Waals surface area contributed by atoms with Crippen LogP contribution in [0.4, 0.5) is 10.1 Å². The molecular weight excluding hydrogens is 445 g/mol. The molecule has 1 fully saturated rings. The Hall–Kier alpha value is -3.61. The highest BCUT2D eigenvalue weighted by Gasteiger charge is 2.24. The van der Waals surface area contributed by atoms with Crippen LogP contribution in [0.15, 0.2) is 52.9 Å². The van der Waals surface area contributed by atoms with Crippen molar-refractivity contribution in [2.75, 3.05) is 31.1 Å². The van der Waals surface area contributed by atoms with Crippen molar-refractivity contribution in [2.45, 2.75) is 40.2 Å². The Morgan fingerprint density at radius 1 is 1.00 bits per heavy atom. The largest absolute Gasteiger partial charge is 0.464 e. The third-order valence-corrected chi connectivity index (χ3v) is 6.56. The number of hydrogen-bond acceptors (Lipinski definition) is 4. The molecule has 4 rings (SSSR count). The van der Waals surface area contributed by atoms with Gasteiger partial charge in [-0.05, 0) is 67.8 Å². The van der Waals surface area contributed by atoms with Crippen molar-refractivity contribution in [1.82, 2.24) is 10.2 Å². The molecule has 3 aromatic rings. The monoisotopic (exact) mass is 477 g/mol. The second-order valence-corrected chi connectivity index (χ2v) is 9.25. The molecule has 0 aliphatic carbocycles. The van der Waals surface area contributed by atoms with Gasteiger partial charge in [0.1, 0.15) is 23.4 Å². The Balaban J connectivity index is 1.52. The number of hydrogen-bond donors (Lipinski definition) is 1. The number of benzene rings is 2. The van der Waals surface area contributed by atoms with E-state index in [1.54, 1.807) is 24.0 Å². The molecule has 7 heteroatoms. The molecule has 6 nitrogen and oxygen atoms in total. The number of amides is 2. The third-order valence-electron chi connectivity index (χ3n) is 6.56. The van der Waals surface area contributed by atoms with Gasteiger partial charge in [-0.2, -0.15) is 0 Å². The summed E-state index contributed by atoms with van der Waals surface area (Å²) < 4.78 is 20.6. The molecule has 0 saturated carbocycles. The SMILES string of the molecule is CC(=O)N1CCN(c2ccc(F)c(CC(=O)NC(c3ccc(C)o3)c3ccc(C)cc3C)c2)CC1. The predicted octanol–water partition coefficient (Wildman–Crippen LogP) is 4.46. The van der Waals surface area contributed by atoms with Gasteiger partial charge in [-0.15, -0.1) is 0 Å². The summed E-state index contributed by atoms with van der Waals surface area (Å²) in [5.41, 5.74) is 4.31. The molecule has 1 aromatic heterocycles. The first-order valence-electron chi connectivity index (χ1n) is 11.9. The number of nitrogens with one attached hydrogen (secondary N) is 1. The molecule has 0 spiro atoms. The van der Waals surface area contributed by atoms with Crippen LogP contribution in [0.1, 0.15) is 46.7 Å². The zero-order chi connectivity index (χ0) is 25.1. The Morgan fingerprint density at radius 3 is 2.37 bits per heavy atom. The quantitative estimate of drug-likeness (QED) is 0.569. The highest BCUT2D eigenvalue weighted by atomic mass is 19.1. The van der Waals surface area contributed by atoms with Crippen LogP contribution in [-0.4, -0.2) is 42.9 Å². The molecule has 2 heterocycles. The van der Waals surface area contributed by atoms with Gasteiger partial charge in [0.25, 0.3) is 0 Å². The van der Waals surface area contributed by atoms with Crippen molar-refractivity contribution < 1.29 is 18.4 Å². The molecule has 1 unspecified atom stereocenters. The van der Waals surface area contributed by atoms with E-state index < -0.39 is 11.9 Å². The number of aryl methyl sites for hydroxylation is 3. The fourth-order valence-corrected chi connectivity index (χ4v) is 4.62. The van der Waals surface area contributed by atoms with E-state index in [1.807, 2.05) is 45.0 Å². The average molecular weight is 478 g/mol. The van der Waals surface area contributed by atoms with Gasteiger partial charge >= 0.3 is 0 Å². The molecule has 184 valence electrons. The zero-order valence-electron chi connectivity index (χ0n) is 20.7. The minimum absolute atomic E-state index is 0.0613. The van der Waals surface area contributed by atoms with Crippen LogP contribution < -0.4 is 10.2 Å². The number of carbonyl (C=O) groups excluding carboxylic acids is 2. The van der Waals surface area contributed by atoms with Crippen LogP contribution in [0, 0.1) is 26.6 Å². The summed E-state index contributed by atoms with van der Waals surface area (Å²) in [5.74, 6) is 0.754. The summed E-state index contributed by atoms with van der Waals surface area (Å²) in [6.45, 7) is 10.1. The average Bonchev–Trinajstić information content (AvgIpc) is 3.25. The van der Waals surface area contributed by atoms with Crippen molar-refractivity contribution in [1.29, 1.82) is 0 Å². The fourth-order valence-electron chi connectivity index (χ4n) is 4.62. The Labute approximate surface area is 205 Å². The lowest BCUT2D eigenvalue weighted by Crippen LogP contribution is -2.48. The molecule has 0 radical (unpaired) electrons. The number of nitrogens with zero attached hydrogens (tertiary/aromatic N) is 2. The van der Waals surface area contributed by atoms with Gasteiger partial charge in [-0.3, -0.25) is 9.59 Å². The second kappa shape index (κ2) is 10.3. The first kappa shape index (κ1) is 24.5. The summed E-state index contributed by atoms with van der Waals surface area (Å²) in [4.78, 5) is 28.7. The molecule has 35 heavy (non-hydrogen) atoms. The van der Waals surface area contributed by atoms with E-state index >= 15 is 0 Å². The summed E-state index contributed by atoms with van der Waals surface area (Å²) in [6, 6.07) is 14.2. The first-order chi connectivity index (χ1) is 16.7. The zero-order valence-corrected chi connectivity index (χ0v) is 20.7. The predicted molar refractivity (Wildman–Crippen MR) is 134 cm³/mol.